The summed E-state index contributed by atoms with van der Waals surface area (Å²) in [6.45, 7) is 2.11. The average molecular weight is 371 g/mol. The molecule has 1 atom stereocenters. The highest BCUT2D eigenvalue weighted by Gasteiger charge is 2.28. The molecule has 7 heteroatoms. The molecule has 26 heavy (non-hydrogen) atoms. The molecule has 1 heterocycles. The fourth-order valence-corrected chi connectivity index (χ4v) is 3.16. The number of nitrogens with zero attached hydrogens (tertiary/aromatic N) is 2. The zero-order chi connectivity index (χ0) is 18.4. The zero-order valence-electron chi connectivity index (χ0n) is 14.2. The third-order valence-electron chi connectivity index (χ3n) is 3.70. The smallest absolute Gasteiger partial charge is 0.239 e. The van der Waals surface area contributed by atoms with E-state index in [1.54, 1.807) is 12.1 Å². The number of hydrogen-bond donors (Lipinski definition) is 1. The van der Waals surface area contributed by atoms with E-state index in [1.165, 1.54) is 23.9 Å². The molecule has 2 aromatic rings. The molecule has 1 aliphatic rings. The van der Waals surface area contributed by atoms with Crippen molar-refractivity contribution in [3.8, 4) is 5.75 Å². The number of ether oxygens (including phenoxy) is 1. The van der Waals surface area contributed by atoms with Crippen molar-refractivity contribution in [3.05, 3.63) is 66.0 Å². The van der Waals surface area contributed by atoms with Crippen LogP contribution in [0, 0.1) is 5.82 Å². The van der Waals surface area contributed by atoms with Crippen molar-refractivity contribution < 1.29 is 13.9 Å². The Balaban J connectivity index is 1.80. The molecule has 5 nitrogen and oxygen atoms in total. The fourth-order valence-electron chi connectivity index (χ4n) is 2.31. The summed E-state index contributed by atoms with van der Waals surface area (Å²) in [5.41, 5.74) is 1.24. The molecule has 1 N–H and O–H groups in total. The lowest BCUT2D eigenvalue weighted by Gasteiger charge is -2.08. The van der Waals surface area contributed by atoms with E-state index in [0.29, 0.717) is 22.2 Å². The van der Waals surface area contributed by atoms with E-state index >= 15 is 0 Å². The van der Waals surface area contributed by atoms with Gasteiger partial charge in [0.2, 0.25) is 5.91 Å². The number of thioether (sulfide) groups is 1. The van der Waals surface area contributed by atoms with Crippen LogP contribution in [0.2, 0.25) is 0 Å². The van der Waals surface area contributed by atoms with E-state index in [2.05, 4.69) is 15.5 Å². The van der Waals surface area contributed by atoms with Gasteiger partial charge in [-0.15, -0.1) is 10.2 Å². The Morgan fingerprint density at radius 3 is 2.58 bits per heavy atom. The van der Waals surface area contributed by atoms with Gasteiger partial charge in [0, 0.05) is 5.56 Å². The van der Waals surface area contributed by atoms with Crippen LogP contribution in [0.5, 0.6) is 5.75 Å². The maximum absolute atomic E-state index is 13.2. The van der Waals surface area contributed by atoms with Crippen LogP contribution in [0.15, 0.2) is 64.8 Å². The molecule has 0 saturated carbocycles. The quantitative estimate of drug-likeness (QED) is 0.623. The first-order valence-corrected chi connectivity index (χ1v) is 9.09. The van der Waals surface area contributed by atoms with E-state index in [0.717, 1.165) is 6.42 Å². The van der Waals surface area contributed by atoms with Gasteiger partial charge in [0.05, 0.1) is 5.25 Å². The van der Waals surface area contributed by atoms with Crippen molar-refractivity contribution in [2.75, 3.05) is 6.61 Å². The van der Waals surface area contributed by atoms with Crippen LogP contribution in [0.25, 0.3) is 0 Å². The van der Waals surface area contributed by atoms with Gasteiger partial charge in [0.1, 0.15) is 23.9 Å². The summed E-state index contributed by atoms with van der Waals surface area (Å²) in [5.74, 6) is 0.313. The molecule has 2 aromatic carbocycles. The minimum Gasteiger partial charge on any atom is -0.487 e. The van der Waals surface area contributed by atoms with Gasteiger partial charge in [-0.3, -0.25) is 4.79 Å². The van der Waals surface area contributed by atoms with Crippen LogP contribution in [-0.2, 0) is 4.79 Å². The molecule has 1 amide bonds. The lowest BCUT2D eigenvalue weighted by Crippen LogP contribution is -2.24. The summed E-state index contributed by atoms with van der Waals surface area (Å²) in [6.07, 6.45) is 0.723. The summed E-state index contributed by atoms with van der Waals surface area (Å²) < 4.78 is 19.0. The maximum atomic E-state index is 13.2. The summed E-state index contributed by atoms with van der Waals surface area (Å²) in [4.78, 5) is 11.8. The summed E-state index contributed by atoms with van der Waals surface area (Å²) in [5, 5.41) is 11.4. The Morgan fingerprint density at radius 2 is 1.92 bits per heavy atom. The Bertz CT molecular complexity index is 822. The number of carbonyl (C=O) groups is 1. The number of benzene rings is 2. The number of para-hydroxylation sites is 1. The number of hydrogen-bond acceptors (Lipinski definition) is 5. The molecule has 1 aliphatic heterocycles. The van der Waals surface area contributed by atoms with Crippen LogP contribution in [0.4, 0.5) is 4.39 Å². The van der Waals surface area contributed by atoms with Crippen molar-refractivity contribution >= 4 is 28.5 Å². The molecular weight excluding hydrogens is 353 g/mol. The van der Waals surface area contributed by atoms with Gasteiger partial charge in [0.25, 0.3) is 0 Å². The normalized spacial score (nSPS) is 18.8. The fraction of sp³-hybridized carbons (Fsp3) is 0.211. The Kier molecular flexibility index (Phi) is 6.01. The maximum Gasteiger partial charge on any atom is 0.239 e. The molecule has 0 bridgehead atoms. The second-order valence-corrected chi connectivity index (χ2v) is 6.76. The minimum absolute atomic E-state index is 0.0599. The van der Waals surface area contributed by atoms with E-state index < -0.39 is 0 Å². The first kappa shape index (κ1) is 18.1. The van der Waals surface area contributed by atoms with Crippen LogP contribution in [0.1, 0.15) is 18.9 Å². The summed E-state index contributed by atoms with van der Waals surface area (Å²) >= 11 is 1.35. The average Bonchev–Trinajstić information content (AvgIpc) is 3.03. The molecule has 3 rings (SSSR count). The van der Waals surface area contributed by atoms with Crippen molar-refractivity contribution in [2.24, 2.45) is 10.2 Å². The topological polar surface area (TPSA) is 63.1 Å². The number of nitrogens with one attached hydrogen (secondary N) is 1. The van der Waals surface area contributed by atoms with Gasteiger partial charge in [-0.05, 0) is 30.7 Å². The van der Waals surface area contributed by atoms with Crippen LogP contribution < -0.4 is 10.1 Å². The van der Waals surface area contributed by atoms with Crippen molar-refractivity contribution in [1.29, 1.82) is 0 Å². The number of carbonyl (C=O) groups excluding carboxylic acids is 1. The Labute approximate surface area is 155 Å². The number of amides is 1. The third-order valence-corrected chi connectivity index (χ3v) is 4.94. The highest BCUT2D eigenvalue weighted by atomic mass is 32.2. The predicted molar refractivity (Wildman–Crippen MR) is 102 cm³/mol. The van der Waals surface area contributed by atoms with Gasteiger partial charge in [0.15, 0.2) is 5.17 Å². The SMILES string of the molecule is CCC1S/C(=N\N=C(/COc2ccccc2)c2ccc(F)cc2)NC1=O. The van der Waals surface area contributed by atoms with E-state index in [-0.39, 0.29) is 23.6 Å². The Morgan fingerprint density at radius 1 is 1.19 bits per heavy atom. The molecule has 1 unspecified atom stereocenters. The molecule has 134 valence electrons. The first-order chi connectivity index (χ1) is 12.7. The van der Waals surface area contributed by atoms with Crippen molar-refractivity contribution in [1.82, 2.24) is 5.32 Å². The molecule has 0 aromatic heterocycles. The lowest BCUT2D eigenvalue weighted by atomic mass is 10.1. The number of amidine groups is 1. The predicted octanol–water partition coefficient (Wildman–Crippen LogP) is 3.61. The molecule has 0 spiro atoms. The van der Waals surface area contributed by atoms with E-state index in [1.807, 2.05) is 37.3 Å². The summed E-state index contributed by atoms with van der Waals surface area (Å²) in [6, 6.07) is 15.3. The molecular formula is C19H18FN3O2S. The molecule has 0 radical (unpaired) electrons. The highest BCUT2D eigenvalue weighted by Crippen LogP contribution is 2.22. The Hall–Kier alpha value is -2.67. The van der Waals surface area contributed by atoms with Gasteiger partial charge < -0.3 is 10.1 Å². The van der Waals surface area contributed by atoms with Gasteiger partial charge in [-0.1, -0.05) is 49.0 Å². The second kappa shape index (κ2) is 8.62. The van der Waals surface area contributed by atoms with Gasteiger partial charge in [-0.2, -0.15) is 0 Å². The first-order valence-electron chi connectivity index (χ1n) is 8.21. The van der Waals surface area contributed by atoms with Crippen molar-refractivity contribution in [2.45, 2.75) is 18.6 Å². The van der Waals surface area contributed by atoms with E-state index in [9.17, 15) is 9.18 Å². The number of halogens is 1. The molecule has 1 fully saturated rings. The second-order valence-electron chi connectivity index (χ2n) is 5.56. The van der Waals surface area contributed by atoms with Crippen LogP contribution >= 0.6 is 11.8 Å². The monoisotopic (exact) mass is 371 g/mol. The lowest BCUT2D eigenvalue weighted by molar-refractivity contribution is -0.118. The van der Waals surface area contributed by atoms with Gasteiger partial charge in [-0.25, -0.2) is 4.39 Å². The van der Waals surface area contributed by atoms with Crippen LogP contribution in [0.3, 0.4) is 0 Å². The molecule has 1 saturated heterocycles. The summed E-state index contributed by atoms with van der Waals surface area (Å²) in [7, 11) is 0. The van der Waals surface area contributed by atoms with Crippen molar-refractivity contribution in [3.63, 3.8) is 0 Å². The minimum atomic E-state index is -0.326. The standard InChI is InChI=1S/C19H18FN3O2S/c1-2-17-18(24)21-19(26-17)23-22-16(13-8-10-14(20)11-9-13)12-25-15-6-4-3-5-7-15/h3-11,17H,2,12H2,1H3,(H,21,23,24)/b22-16+. The van der Waals surface area contributed by atoms with Crippen LogP contribution in [-0.4, -0.2) is 28.6 Å². The van der Waals surface area contributed by atoms with Gasteiger partial charge >= 0.3 is 0 Å². The number of rotatable bonds is 6. The largest absolute Gasteiger partial charge is 0.487 e. The zero-order valence-corrected chi connectivity index (χ0v) is 15.0. The highest BCUT2D eigenvalue weighted by molar-refractivity contribution is 8.15. The third kappa shape index (κ3) is 4.70. The molecule has 0 aliphatic carbocycles. The van der Waals surface area contributed by atoms with E-state index in [4.69, 9.17) is 4.74 Å².